The lowest BCUT2D eigenvalue weighted by Gasteiger charge is -2.06. The van der Waals surface area contributed by atoms with E-state index in [0.29, 0.717) is 5.76 Å². The molecule has 2 aromatic rings. The molecule has 1 aromatic heterocycles. The summed E-state index contributed by atoms with van der Waals surface area (Å²) in [5.41, 5.74) is 0.145. The summed E-state index contributed by atoms with van der Waals surface area (Å²) in [6.45, 7) is 1.32. The molecule has 2 rings (SSSR count). The van der Waals surface area contributed by atoms with Gasteiger partial charge >= 0.3 is 11.9 Å². The van der Waals surface area contributed by atoms with Crippen molar-refractivity contribution in [2.75, 3.05) is 13.4 Å². The number of carbonyl (C=O) groups is 2. The summed E-state index contributed by atoms with van der Waals surface area (Å²) in [5, 5.41) is 0.0586. The lowest BCUT2D eigenvalue weighted by Crippen LogP contribution is -2.08. The average Bonchev–Trinajstić information content (AvgIpc) is 2.92. The Hall–Kier alpha value is -2.32. The van der Waals surface area contributed by atoms with Gasteiger partial charge < -0.3 is 13.9 Å². The molecule has 0 spiro atoms. The summed E-state index contributed by atoms with van der Waals surface area (Å²) in [6.07, 6.45) is 1.02. The van der Waals surface area contributed by atoms with Gasteiger partial charge in [-0.3, -0.25) is 0 Å². The Morgan fingerprint density at radius 1 is 1.16 bits per heavy atom. The first-order valence-corrected chi connectivity index (χ1v) is 9.24. The Morgan fingerprint density at radius 2 is 1.84 bits per heavy atom. The monoisotopic (exact) mass is 386 g/mol. The highest BCUT2D eigenvalue weighted by molar-refractivity contribution is 7.90. The second-order valence-electron chi connectivity index (χ2n) is 5.16. The smallest absolute Gasteiger partial charge is 0.341 e. The molecule has 0 radical (unpaired) electrons. The van der Waals surface area contributed by atoms with Gasteiger partial charge in [-0.15, -0.1) is 0 Å². The van der Waals surface area contributed by atoms with Crippen LogP contribution in [0.3, 0.4) is 0 Å². The second-order valence-corrected chi connectivity index (χ2v) is 7.59. The molecule has 0 amide bonds. The third kappa shape index (κ3) is 4.40. The maximum atomic E-state index is 12.2. The number of hydrogen-bond donors (Lipinski definition) is 0. The van der Waals surface area contributed by atoms with Gasteiger partial charge in [-0.25, -0.2) is 18.0 Å². The van der Waals surface area contributed by atoms with E-state index in [0.717, 1.165) is 12.3 Å². The van der Waals surface area contributed by atoms with Gasteiger partial charge in [-0.2, -0.15) is 0 Å². The Balaban J connectivity index is 2.17. The molecule has 0 unspecified atom stereocenters. The van der Waals surface area contributed by atoms with Crippen LogP contribution in [0.4, 0.5) is 0 Å². The summed E-state index contributed by atoms with van der Waals surface area (Å²) in [6, 6.07) is 5.16. The lowest BCUT2D eigenvalue weighted by atomic mass is 10.2. The first-order valence-electron chi connectivity index (χ1n) is 6.98. The summed E-state index contributed by atoms with van der Waals surface area (Å²) < 4.78 is 38.2. The van der Waals surface area contributed by atoms with E-state index in [1.165, 1.54) is 25.3 Å². The van der Waals surface area contributed by atoms with E-state index >= 15 is 0 Å². The largest absolute Gasteiger partial charge is 0.465 e. The van der Waals surface area contributed by atoms with Gasteiger partial charge in [0.1, 0.15) is 23.7 Å². The van der Waals surface area contributed by atoms with Crippen molar-refractivity contribution in [3.05, 3.63) is 51.9 Å². The van der Waals surface area contributed by atoms with Crippen LogP contribution in [0.2, 0.25) is 5.02 Å². The van der Waals surface area contributed by atoms with Crippen LogP contribution in [0.25, 0.3) is 0 Å². The van der Waals surface area contributed by atoms with Gasteiger partial charge in [-0.1, -0.05) is 11.6 Å². The number of hydrogen-bond acceptors (Lipinski definition) is 7. The second kappa shape index (κ2) is 7.28. The summed E-state index contributed by atoms with van der Waals surface area (Å²) in [7, 11) is -2.25. The fourth-order valence-electron chi connectivity index (χ4n) is 2.03. The highest BCUT2D eigenvalue weighted by atomic mass is 35.5. The van der Waals surface area contributed by atoms with Crippen molar-refractivity contribution in [1.82, 2.24) is 0 Å². The number of ether oxygens (including phenoxy) is 2. The van der Waals surface area contributed by atoms with Crippen molar-refractivity contribution < 1.29 is 31.9 Å². The molecule has 0 aliphatic rings. The van der Waals surface area contributed by atoms with Crippen LogP contribution in [0.1, 0.15) is 32.2 Å². The standard InChI is InChI=1S/C16H15ClO7S/c1-9-12(15(18)22-2)6-10(24-9)8-23-16(19)13-7-11(25(3,20)21)4-5-14(13)17/h4-7H,8H2,1-3H3. The predicted octanol–water partition coefficient (Wildman–Crippen LogP) is 2.79. The fraction of sp³-hybridized carbons (Fsp3) is 0.250. The van der Waals surface area contributed by atoms with Crippen LogP contribution in [0.15, 0.2) is 33.6 Å². The van der Waals surface area contributed by atoms with Crippen LogP contribution >= 0.6 is 11.6 Å². The molecule has 9 heteroatoms. The van der Waals surface area contributed by atoms with Crippen molar-refractivity contribution in [2.45, 2.75) is 18.4 Å². The Labute approximate surface area is 149 Å². The third-order valence-corrected chi connectivity index (χ3v) is 4.75. The highest BCUT2D eigenvalue weighted by Crippen LogP contribution is 2.22. The van der Waals surface area contributed by atoms with Gasteiger partial charge in [0.15, 0.2) is 9.84 Å². The topological polar surface area (TPSA) is 99.9 Å². The van der Waals surface area contributed by atoms with Crippen LogP contribution in [0.5, 0.6) is 0 Å². The number of methoxy groups -OCH3 is 1. The molecule has 0 saturated heterocycles. The first kappa shape index (κ1) is 19.0. The number of furan rings is 1. The van der Waals surface area contributed by atoms with E-state index < -0.39 is 21.8 Å². The molecule has 7 nitrogen and oxygen atoms in total. The first-order chi connectivity index (χ1) is 11.6. The fourth-order valence-corrected chi connectivity index (χ4v) is 2.88. The zero-order chi connectivity index (χ0) is 18.8. The molecule has 0 saturated carbocycles. The SMILES string of the molecule is COC(=O)c1cc(COC(=O)c2cc(S(C)(=O)=O)ccc2Cl)oc1C. The molecule has 1 heterocycles. The number of aryl methyl sites for hydroxylation is 1. The maximum Gasteiger partial charge on any atom is 0.341 e. The number of benzene rings is 1. The van der Waals surface area contributed by atoms with E-state index in [-0.39, 0.29) is 33.4 Å². The molecule has 0 atom stereocenters. The zero-order valence-corrected chi connectivity index (χ0v) is 15.2. The molecule has 0 bridgehead atoms. The molecule has 0 fully saturated rings. The lowest BCUT2D eigenvalue weighted by molar-refractivity contribution is 0.0443. The predicted molar refractivity (Wildman–Crippen MR) is 88.5 cm³/mol. The minimum absolute atomic E-state index is 0.0503. The number of rotatable bonds is 5. The average molecular weight is 387 g/mol. The highest BCUT2D eigenvalue weighted by Gasteiger charge is 2.19. The molecule has 0 aliphatic carbocycles. The van der Waals surface area contributed by atoms with E-state index in [4.69, 9.17) is 20.8 Å². The normalized spacial score (nSPS) is 11.2. The van der Waals surface area contributed by atoms with Gasteiger partial charge in [0.05, 0.1) is 22.6 Å². The Morgan fingerprint density at radius 3 is 2.44 bits per heavy atom. The molecule has 1 aromatic carbocycles. The van der Waals surface area contributed by atoms with Crippen molar-refractivity contribution >= 4 is 33.4 Å². The van der Waals surface area contributed by atoms with Crippen LogP contribution in [0, 0.1) is 6.92 Å². The molecular formula is C16H15ClO7S. The quantitative estimate of drug-likeness (QED) is 0.728. The Kier molecular flexibility index (Phi) is 5.54. The van der Waals surface area contributed by atoms with Gasteiger partial charge in [0.25, 0.3) is 0 Å². The van der Waals surface area contributed by atoms with E-state index in [1.807, 2.05) is 0 Å². The molecular weight excluding hydrogens is 372 g/mol. The summed E-state index contributed by atoms with van der Waals surface area (Å²) >= 11 is 5.93. The zero-order valence-electron chi connectivity index (χ0n) is 13.7. The summed E-state index contributed by atoms with van der Waals surface area (Å²) in [5.74, 6) is -0.816. The van der Waals surface area contributed by atoms with Gasteiger partial charge in [0.2, 0.25) is 0 Å². The van der Waals surface area contributed by atoms with Crippen LogP contribution in [-0.2, 0) is 25.9 Å². The summed E-state index contributed by atoms with van der Waals surface area (Å²) in [4.78, 5) is 23.6. The minimum Gasteiger partial charge on any atom is -0.465 e. The number of sulfone groups is 1. The molecule has 25 heavy (non-hydrogen) atoms. The number of esters is 2. The third-order valence-electron chi connectivity index (χ3n) is 3.31. The van der Waals surface area contributed by atoms with Crippen LogP contribution in [-0.4, -0.2) is 33.7 Å². The van der Waals surface area contributed by atoms with Crippen molar-refractivity contribution in [3.63, 3.8) is 0 Å². The van der Waals surface area contributed by atoms with Crippen molar-refractivity contribution in [3.8, 4) is 0 Å². The van der Waals surface area contributed by atoms with Gasteiger partial charge in [0, 0.05) is 6.26 Å². The van der Waals surface area contributed by atoms with Crippen LogP contribution < -0.4 is 0 Å². The van der Waals surface area contributed by atoms with Crippen molar-refractivity contribution in [2.24, 2.45) is 0 Å². The molecule has 0 N–H and O–H groups in total. The molecule has 0 aliphatic heterocycles. The van der Waals surface area contributed by atoms with E-state index in [9.17, 15) is 18.0 Å². The minimum atomic E-state index is -3.49. The number of carbonyl (C=O) groups excluding carboxylic acids is 2. The van der Waals surface area contributed by atoms with E-state index in [2.05, 4.69) is 4.74 Å². The van der Waals surface area contributed by atoms with E-state index in [1.54, 1.807) is 6.92 Å². The number of halogens is 1. The maximum absolute atomic E-state index is 12.2. The van der Waals surface area contributed by atoms with Crippen molar-refractivity contribution in [1.29, 1.82) is 0 Å². The van der Waals surface area contributed by atoms with Gasteiger partial charge in [-0.05, 0) is 31.2 Å². The molecule has 134 valence electrons. The Bertz CT molecular complexity index is 928.